The Bertz CT molecular complexity index is 884. The summed E-state index contributed by atoms with van der Waals surface area (Å²) in [5.74, 6) is -0.151. The van der Waals surface area contributed by atoms with Gasteiger partial charge in [0.15, 0.2) is 5.82 Å². The molecule has 0 atom stereocenters. The summed E-state index contributed by atoms with van der Waals surface area (Å²) in [7, 11) is 5.61. The average molecular weight is 304 g/mol. The third-order valence-corrected chi connectivity index (χ3v) is 3.32. The topological polar surface area (TPSA) is 90.4 Å². The zero-order valence-electron chi connectivity index (χ0n) is 12.4. The summed E-state index contributed by atoms with van der Waals surface area (Å²) >= 11 is 0. The molecule has 7 heteroatoms. The van der Waals surface area contributed by atoms with Crippen molar-refractivity contribution in [1.29, 1.82) is 0 Å². The second kappa shape index (κ2) is 5.96. The number of para-hydroxylation sites is 2. The molecule has 0 fully saturated rings. The second-order valence-electron chi connectivity index (χ2n) is 5.02. The number of phenols is 1. The van der Waals surface area contributed by atoms with Gasteiger partial charge in [-0.25, -0.2) is 10.4 Å². The van der Waals surface area contributed by atoms with Gasteiger partial charge in [0.1, 0.15) is 19.3 Å². The summed E-state index contributed by atoms with van der Waals surface area (Å²) in [5, 5.41) is 13.7. The number of aromatic amines is 1. The van der Waals surface area contributed by atoms with Crippen molar-refractivity contribution in [3.05, 3.63) is 53.9 Å². The summed E-state index contributed by atoms with van der Waals surface area (Å²) in [6, 6.07) is 11.8. The van der Waals surface area contributed by atoms with Crippen molar-refractivity contribution in [2.45, 2.75) is 6.92 Å². The van der Waals surface area contributed by atoms with E-state index in [9.17, 15) is 9.90 Å². The lowest BCUT2D eigenvalue weighted by Gasteiger charge is -2.05. The van der Waals surface area contributed by atoms with Crippen LogP contribution in [0, 0.1) is 0 Å². The highest BCUT2D eigenvalue weighted by Gasteiger charge is 2.11. The van der Waals surface area contributed by atoms with E-state index in [1.165, 1.54) is 18.2 Å². The molecule has 0 aliphatic carbocycles. The normalized spacial score (nSPS) is 11.6. The van der Waals surface area contributed by atoms with Crippen LogP contribution < -0.4 is 10.9 Å². The van der Waals surface area contributed by atoms with Crippen molar-refractivity contribution in [1.82, 2.24) is 15.4 Å². The first-order valence-corrected chi connectivity index (χ1v) is 6.93. The molecule has 0 aliphatic heterocycles. The Balaban J connectivity index is 1.81. The molecule has 0 aliphatic rings. The van der Waals surface area contributed by atoms with Crippen molar-refractivity contribution >= 4 is 36.0 Å². The summed E-state index contributed by atoms with van der Waals surface area (Å²) in [4.78, 5) is 19.6. The lowest BCUT2D eigenvalue weighted by atomic mass is 9.94. The third kappa shape index (κ3) is 3.08. The first-order chi connectivity index (χ1) is 11.0. The molecule has 0 saturated carbocycles. The Morgan fingerprint density at radius 2 is 2.09 bits per heavy atom. The Labute approximate surface area is 133 Å². The van der Waals surface area contributed by atoms with E-state index < -0.39 is 5.91 Å². The van der Waals surface area contributed by atoms with E-state index in [0.717, 1.165) is 11.0 Å². The number of hydrogen-bond acceptors (Lipinski definition) is 4. The number of hydrazone groups is 1. The number of fused-ring (bicyclic) bond motifs is 1. The van der Waals surface area contributed by atoms with Gasteiger partial charge in [0.2, 0.25) is 0 Å². The number of benzene rings is 2. The average Bonchev–Trinajstić information content (AvgIpc) is 2.98. The SMILES string of the molecule is [B]c1ccc(O)c(C(=O)NN=C(C)c2nc3ccccc3[nH]2)c1. The molecular formula is C16H13BN4O2. The molecule has 6 nitrogen and oxygen atoms in total. The van der Waals surface area contributed by atoms with Crippen molar-refractivity contribution in [3.63, 3.8) is 0 Å². The molecule has 3 aromatic rings. The number of phenolic OH excluding ortho intramolecular Hbond substituents is 1. The Morgan fingerprint density at radius 1 is 1.30 bits per heavy atom. The largest absolute Gasteiger partial charge is 0.507 e. The minimum atomic E-state index is -0.551. The van der Waals surface area contributed by atoms with E-state index in [1.54, 1.807) is 6.92 Å². The number of H-pyrrole nitrogens is 1. The third-order valence-electron chi connectivity index (χ3n) is 3.32. The van der Waals surface area contributed by atoms with Gasteiger partial charge in [-0.2, -0.15) is 5.10 Å². The van der Waals surface area contributed by atoms with Gasteiger partial charge >= 0.3 is 0 Å². The number of carbonyl (C=O) groups excluding carboxylic acids is 1. The molecular weight excluding hydrogens is 291 g/mol. The fourth-order valence-corrected chi connectivity index (χ4v) is 2.11. The predicted molar refractivity (Wildman–Crippen MR) is 89.3 cm³/mol. The van der Waals surface area contributed by atoms with E-state index >= 15 is 0 Å². The summed E-state index contributed by atoms with van der Waals surface area (Å²) in [5.41, 5.74) is 5.04. The van der Waals surface area contributed by atoms with E-state index in [2.05, 4.69) is 20.5 Å². The highest BCUT2D eigenvalue weighted by Crippen LogP contribution is 2.14. The van der Waals surface area contributed by atoms with Crippen LogP contribution in [0.5, 0.6) is 5.75 Å². The van der Waals surface area contributed by atoms with Crippen LogP contribution >= 0.6 is 0 Å². The van der Waals surface area contributed by atoms with Gasteiger partial charge in [0, 0.05) is 0 Å². The minimum Gasteiger partial charge on any atom is -0.507 e. The molecule has 23 heavy (non-hydrogen) atoms. The molecule has 2 radical (unpaired) electrons. The van der Waals surface area contributed by atoms with Crippen LogP contribution in [0.1, 0.15) is 23.1 Å². The van der Waals surface area contributed by atoms with Crippen LogP contribution in [-0.4, -0.2) is 34.5 Å². The summed E-state index contributed by atoms with van der Waals surface area (Å²) in [6.45, 7) is 1.72. The van der Waals surface area contributed by atoms with Gasteiger partial charge in [-0.3, -0.25) is 4.79 Å². The number of rotatable bonds is 3. The first-order valence-electron chi connectivity index (χ1n) is 6.93. The summed E-state index contributed by atoms with van der Waals surface area (Å²) in [6.07, 6.45) is 0. The molecule has 112 valence electrons. The van der Waals surface area contributed by atoms with Crippen LogP contribution in [-0.2, 0) is 0 Å². The molecule has 2 aromatic carbocycles. The first kappa shape index (κ1) is 14.8. The molecule has 0 bridgehead atoms. The maximum absolute atomic E-state index is 12.1. The van der Waals surface area contributed by atoms with Gasteiger partial charge in [-0.15, -0.1) is 0 Å². The Kier molecular flexibility index (Phi) is 3.84. The predicted octanol–water partition coefficient (Wildman–Crippen LogP) is 1.22. The highest BCUT2D eigenvalue weighted by atomic mass is 16.3. The number of imidazole rings is 1. The van der Waals surface area contributed by atoms with E-state index in [-0.39, 0.29) is 11.3 Å². The van der Waals surface area contributed by atoms with Crippen molar-refractivity contribution < 1.29 is 9.90 Å². The molecule has 1 amide bonds. The van der Waals surface area contributed by atoms with Gasteiger partial charge < -0.3 is 10.1 Å². The Morgan fingerprint density at radius 3 is 2.87 bits per heavy atom. The van der Waals surface area contributed by atoms with Crippen LogP contribution in [0.2, 0.25) is 0 Å². The summed E-state index contributed by atoms with van der Waals surface area (Å²) < 4.78 is 0. The number of hydrogen-bond donors (Lipinski definition) is 3. The fourth-order valence-electron chi connectivity index (χ4n) is 2.11. The number of nitrogens with zero attached hydrogens (tertiary/aromatic N) is 2. The monoisotopic (exact) mass is 304 g/mol. The minimum absolute atomic E-state index is 0.0613. The number of aromatic nitrogens is 2. The van der Waals surface area contributed by atoms with E-state index in [1.807, 2.05) is 24.3 Å². The Hall–Kier alpha value is -3.09. The number of amides is 1. The van der Waals surface area contributed by atoms with Crippen LogP contribution in [0.4, 0.5) is 0 Å². The molecule has 1 heterocycles. The lowest BCUT2D eigenvalue weighted by Crippen LogP contribution is -2.21. The van der Waals surface area contributed by atoms with Gasteiger partial charge in [0.25, 0.3) is 5.91 Å². The second-order valence-corrected chi connectivity index (χ2v) is 5.02. The quantitative estimate of drug-likeness (QED) is 0.386. The molecule has 1 aromatic heterocycles. The van der Waals surface area contributed by atoms with Crippen molar-refractivity contribution in [3.8, 4) is 5.75 Å². The van der Waals surface area contributed by atoms with Gasteiger partial charge in [-0.05, 0) is 25.1 Å². The molecule has 3 rings (SSSR count). The zero-order chi connectivity index (χ0) is 16.4. The number of aromatic hydroxyl groups is 1. The standard InChI is InChI=1S/C16H13BN4O2/c1-9(15-18-12-4-2-3-5-13(12)19-15)20-21-16(23)11-8-10(17)6-7-14(11)22/h2-8,22H,1H3,(H,18,19)(H,21,23). The molecule has 3 N–H and O–H groups in total. The lowest BCUT2D eigenvalue weighted by molar-refractivity contribution is 0.0952. The molecule has 0 spiro atoms. The van der Waals surface area contributed by atoms with E-state index in [0.29, 0.717) is 17.0 Å². The van der Waals surface area contributed by atoms with Crippen LogP contribution in [0.15, 0.2) is 47.6 Å². The highest BCUT2D eigenvalue weighted by molar-refractivity contribution is 6.32. The maximum atomic E-state index is 12.1. The van der Waals surface area contributed by atoms with Crippen LogP contribution in [0.25, 0.3) is 11.0 Å². The zero-order valence-corrected chi connectivity index (χ0v) is 12.4. The smallest absolute Gasteiger partial charge is 0.275 e. The van der Waals surface area contributed by atoms with Gasteiger partial charge in [-0.1, -0.05) is 29.7 Å². The number of carbonyl (C=O) groups is 1. The molecule has 0 saturated heterocycles. The molecule has 0 unspecified atom stereocenters. The van der Waals surface area contributed by atoms with Crippen molar-refractivity contribution in [2.24, 2.45) is 5.10 Å². The fraction of sp³-hybridized carbons (Fsp3) is 0.0625. The van der Waals surface area contributed by atoms with Gasteiger partial charge in [0.05, 0.1) is 16.6 Å². The number of nitrogens with one attached hydrogen (secondary N) is 2. The maximum Gasteiger partial charge on any atom is 0.275 e. The van der Waals surface area contributed by atoms with E-state index in [4.69, 9.17) is 7.85 Å². The van der Waals surface area contributed by atoms with Crippen molar-refractivity contribution in [2.75, 3.05) is 0 Å². The van der Waals surface area contributed by atoms with Crippen LogP contribution in [0.3, 0.4) is 0 Å².